The Morgan fingerprint density at radius 3 is 2.30 bits per heavy atom. The minimum absolute atomic E-state index is 0. The largest absolute Gasteiger partial charge is 0.726 e. The van der Waals surface area contributed by atoms with E-state index in [1.54, 1.807) is 0 Å². The van der Waals surface area contributed by atoms with E-state index < -0.39 is 10.4 Å². The van der Waals surface area contributed by atoms with Gasteiger partial charge >= 0.3 is 0 Å². The van der Waals surface area contributed by atoms with E-state index in [2.05, 4.69) is 20.1 Å². The Morgan fingerprint density at radius 1 is 1.50 bits per heavy atom. The van der Waals surface area contributed by atoms with Crippen LogP contribution in [0.5, 0.6) is 0 Å². The summed E-state index contributed by atoms with van der Waals surface area (Å²) in [6.45, 7) is -0.0446. The first-order chi connectivity index (χ1) is 4.06. The highest BCUT2D eigenvalue weighted by atomic mass is 79.9. The van der Waals surface area contributed by atoms with Crippen LogP contribution >= 0.6 is 15.9 Å². The molecule has 0 amide bonds. The van der Waals surface area contributed by atoms with Crippen LogP contribution in [0.3, 0.4) is 0 Å². The maximum Gasteiger partial charge on any atom is 0.217 e. The first-order valence-corrected chi connectivity index (χ1v) is 4.68. The van der Waals surface area contributed by atoms with Crippen LogP contribution in [0.4, 0.5) is 0 Å². The number of quaternary nitrogens is 1. The minimum atomic E-state index is -4.47. The van der Waals surface area contributed by atoms with Gasteiger partial charge in [0.1, 0.15) is 0 Å². The molecule has 0 spiro atoms. The summed E-state index contributed by atoms with van der Waals surface area (Å²) in [5.41, 5.74) is 0. The van der Waals surface area contributed by atoms with Gasteiger partial charge in [0, 0.05) is 5.33 Å². The zero-order chi connectivity index (χ0) is 7.33. The molecule has 0 rings (SSSR count). The van der Waals surface area contributed by atoms with E-state index in [0.717, 1.165) is 0 Å². The molecule has 0 bridgehead atoms. The Bertz CT molecular complexity index is 156. The molecule has 0 saturated heterocycles. The summed E-state index contributed by atoms with van der Waals surface area (Å²) in [5.74, 6) is 0. The molecule has 0 atom stereocenters. The van der Waals surface area contributed by atoms with Crippen molar-refractivity contribution in [1.29, 1.82) is 0 Å². The van der Waals surface area contributed by atoms with Crippen LogP contribution in [0.2, 0.25) is 0 Å². The molecule has 4 N–H and O–H groups in total. The smallest absolute Gasteiger partial charge is 0.217 e. The zero-order valence-electron chi connectivity index (χ0n) is 5.54. The highest BCUT2D eigenvalue weighted by Crippen LogP contribution is 1.91. The highest BCUT2D eigenvalue weighted by molar-refractivity contribution is 9.09. The van der Waals surface area contributed by atoms with Crippen LogP contribution in [-0.4, -0.2) is 24.9 Å². The second-order valence-electron chi connectivity index (χ2n) is 1.27. The number of alkyl halides is 1. The van der Waals surface area contributed by atoms with Gasteiger partial charge in [-0.2, -0.15) is 0 Å². The van der Waals surface area contributed by atoms with Gasteiger partial charge in [-0.3, -0.25) is 4.18 Å². The van der Waals surface area contributed by atoms with Gasteiger partial charge in [0.2, 0.25) is 10.4 Å². The number of hydrogen-bond acceptors (Lipinski definition) is 4. The van der Waals surface area contributed by atoms with Gasteiger partial charge in [-0.15, -0.1) is 0 Å². The Balaban J connectivity index is 0. The Labute approximate surface area is 68.4 Å². The molecule has 0 aromatic carbocycles. The van der Waals surface area contributed by atoms with Crippen molar-refractivity contribution in [3.05, 3.63) is 0 Å². The first-order valence-electron chi connectivity index (χ1n) is 2.22. The molecule has 0 aliphatic rings. The van der Waals surface area contributed by atoms with E-state index in [-0.39, 0.29) is 12.8 Å². The molecule has 10 heavy (non-hydrogen) atoms. The third-order valence-corrected chi connectivity index (χ3v) is 1.52. The van der Waals surface area contributed by atoms with E-state index in [1.165, 1.54) is 0 Å². The third-order valence-electron chi connectivity index (χ3n) is 0.506. The normalized spacial score (nSPS) is 10.6. The molecular weight excluding hydrogens is 226 g/mol. The molecule has 7 heteroatoms. The fourth-order valence-electron chi connectivity index (χ4n) is 0.216. The van der Waals surface area contributed by atoms with Gasteiger partial charge in [0.25, 0.3) is 0 Å². The highest BCUT2D eigenvalue weighted by Gasteiger charge is 1.91. The summed E-state index contributed by atoms with van der Waals surface area (Å²) in [5, 5.41) is 0.628. The molecule has 0 heterocycles. The van der Waals surface area contributed by atoms with Crippen molar-refractivity contribution in [2.24, 2.45) is 0 Å². The number of halogens is 1. The van der Waals surface area contributed by atoms with Gasteiger partial charge < -0.3 is 10.7 Å². The molecule has 0 radical (unpaired) electrons. The molecule has 0 unspecified atom stereocenters. The third kappa shape index (κ3) is 11.2. The standard InChI is InChI=1S/C3H7BrO4S.H3N/c4-2-1-3-8-9(5,6)7;/h1-3H2,(H,5,6,7);1H3. The van der Waals surface area contributed by atoms with E-state index in [1.807, 2.05) is 0 Å². The number of rotatable bonds is 4. The van der Waals surface area contributed by atoms with Crippen LogP contribution in [0.25, 0.3) is 0 Å². The van der Waals surface area contributed by atoms with Crippen LogP contribution in [-0.2, 0) is 14.6 Å². The summed E-state index contributed by atoms with van der Waals surface area (Å²) in [6, 6.07) is 0. The molecule has 64 valence electrons. The SMILES string of the molecule is O=S(=O)([O-])OCCCBr.[NH4+]. The second-order valence-corrected chi connectivity index (χ2v) is 3.12. The van der Waals surface area contributed by atoms with Crippen LogP contribution in [0.15, 0.2) is 0 Å². The van der Waals surface area contributed by atoms with Crippen molar-refractivity contribution in [1.82, 2.24) is 6.15 Å². The predicted molar refractivity (Wildman–Crippen MR) is 40.0 cm³/mol. The van der Waals surface area contributed by atoms with Gasteiger partial charge in [0.15, 0.2) is 0 Å². The summed E-state index contributed by atoms with van der Waals surface area (Å²) in [6.07, 6.45) is 0.515. The molecule has 0 saturated carbocycles. The fraction of sp³-hybridized carbons (Fsp3) is 1.00. The Morgan fingerprint density at radius 2 is 2.00 bits per heavy atom. The average Bonchev–Trinajstić information content (AvgIpc) is 1.63. The van der Waals surface area contributed by atoms with Crippen molar-refractivity contribution in [2.45, 2.75) is 6.42 Å². The lowest BCUT2D eigenvalue weighted by Gasteiger charge is -2.04. The molecule has 0 fully saturated rings. The summed E-state index contributed by atoms with van der Waals surface area (Å²) in [7, 11) is -4.47. The lowest BCUT2D eigenvalue weighted by molar-refractivity contribution is 0.263. The van der Waals surface area contributed by atoms with E-state index in [0.29, 0.717) is 11.8 Å². The van der Waals surface area contributed by atoms with Gasteiger partial charge in [-0.1, -0.05) is 15.9 Å². The molecule has 5 nitrogen and oxygen atoms in total. The lowest BCUT2D eigenvalue weighted by Crippen LogP contribution is -2.05. The van der Waals surface area contributed by atoms with E-state index >= 15 is 0 Å². The van der Waals surface area contributed by atoms with Crippen LogP contribution in [0, 0.1) is 0 Å². The fourth-order valence-corrected chi connectivity index (χ4v) is 0.766. The quantitative estimate of drug-likeness (QED) is 0.334. The molecule has 0 aromatic heterocycles. The first kappa shape index (κ1) is 12.9. The van der Waals surface area contributed by atoms with Crippen LogP contribution in [0.1, 0.15) is 6.42 Å². The monoisotopic (exact) mass is 235 g/mol. The van der Waals surface area contributed by atoms with Crippen molar-refractivity contribution in [2.75, 3.05) is 11.9 Å². The van der Waals surface area contributed by atoms with Crippen molar-refractivity contribution >= 4 is 26.3 Å². The maximum atomic E-state index is 9.71. The summed E-state index contributed by atoms with van der Waals surface area (Å²) >= 11 is 3.04. The van der Waals surface area contributed by atoms with Gasteiger partial charge in [-0.25, -0.2) is 8.42 Å². The zero-order valence-corrected chi connectivity index (χ0v) is 7.94. The number of hydrogen-bond donors (Lipinski definition) is 1. The van der Waals surface area contributed by atoms with Crippen molar-refractivity contribution in [3.63, 3.8) is 0 Å². The topological polar surface area (TPSA) is 103 Å². The van der Waals surface area contributed by atoms with Crippen molar-refractivity contribution < 1.29 is 17.2 Å². The summed E-state index contributed by atoms with van der Waals surface area (Å²) < 4.78 is 33.0. The van der Waals surface area contributed by atoms with Gasteiger partial charge in [0.05, 0.1) is 6.61 Å². The van der Waals surface area contributed by atoms with E-state index in [4.69, 9.17) is 0 Å². The molecular formula is C3H10BrNO4S. The molecule has 0 aromatic rings. The van der Waals surface area contributed by atoms with Crippen molar-refractivity contribution in [3.8, 4) is 0 Å². The van der Waals surface area contributed by atoms with E-state index in [9.17, 15) is 13.0 Å². The van der Waals surface area contributed by atoms with Gasteiger partial charge in [-0.05, 0) is 6.42 Å². The lowest BCUT2D eigenvalue weighted by atomic mass is 10.5. The maximum absolute atomic E-state index is 9.71. The Kier molecular flexibility index (Phi) is 7.83. The molecule has 0 aliphatic carbocycles. The second kappa shape index (κ2) is 6.05. The minimum Gasteiger partial charge on any atom is -0.726 e. The average molecular weight is 236 g/mol. The molecule has 0 aliphatic heterocycles. The Hall–Kier alpha value is 0.310. The summed E-state index contributed by atoms with van der Waals surface area (Å²) in [4.78, 5) is 0. The van der Waals surface area contributed by atoms with Crippen LogP contribution < -0.4 is 6.15 Å². The predicted octanol–water partition coefficient (Wildman–Crippen LogP) is 0.624.